The molecule has 4 rings (SSSR count). The molecule has 3 aromatic carbocycles. The number of hydrogen-bond donors (Lipinski definition) is 2. The van der Waals surface area contributed by atoms with Crippen LogP contribution in [0.25, 0.3) is 17.1 Å². The summed E-state index contributed by atoms with van der Waals surface area (Å²) in [7, 11) is 0. The number of carbonyl (C=O) groups excluding carboxylic acids is 1. The van der Waals surface area contributed by atoms with Crippen LogP contribution in [0.15, 0.2) is 95.7 Å². The number of rotatable bonds is 9. The van der Waals surface area contributed by atoms with Gasteiger partial charge in [0.2, 0.25) is 0 Å². The Morgan fingerprint density at radius 3 is 2.60 bits per heavy atom. The Balaban J connectivity index is 1.47. The van der Waals surface area contributed by atoms with Crippen LogP contribution in [0, 0.1) is 0 Å². The SMILES string of the molecule is C=CCc1cccc(C=NNC(=O)CSc2nnc(-c3ccc(Cl)cc3)n2-c2ccccc2)c1O. The average Bonchev–Trinajstić information content (AvgIpc) is 3.30. The third-order valence-electron chi connectivity index (χ3n) is 4.99. The zero-order valence-corrected chi connectivity index (χ0v) is 20.2. The molecule has 0 aliphatic heterocycles. The highest BCUT2D eigenvalue weighted by Crippen LogP contribution is 2.28. The van der Waals surface area contributed by atoms with Crippen molar-refractivity contribution in [2.24, 2.45) is 5.10 Å². The molecule has 0 spiro atoms. The third kappa shape index (κ3) is 5.98. The summed E-state index contributed by atoms with van der Waals surface area (Å²) in [5.41, 5.74) is 5.46. The Hall–Kier alpha value is -3.88. The molecule has 0 saturated carbocycles. The van der Waals surface area contributed by atoms with Crippen molar-refractivity contribution in [3.05, 3.63) is 102 Å². The van der Waals surface area contributed by atoms with E-state index in [1.165, 1.54) is 18.0 Å². The second-order valence-corrected chi connectivity index (χ2v) is 8.79. The molecule has 9 heteroatoms. The fraction of sp³-hybridized carbons (Fsp3) is 0.0769. The van der Waals surface area contributed by atoms with Gasteiger partial charge in [-0.05, 0) is 54.4 Å². The number of amides is 1. The van der Waals surface area contributed by atoms with E-state index >= 15 is 0 Å². The van der Waals surface area contributed by atoms with Crippen LogP contribution in [0.1, 0.15) is 11.1 Å². The van der Waals surface area contributed by atoms with Crippen molar-refractivity contribution in [1.29, 1.82) is 0 Å². The minimum absolute atomic E-state index is 0.0748. The molecule has 1 amide bonds. The van der Waals surface area contributed by atoms with Crippen LogP contribution >= 0.6 is 23.4 Å². The van der Waals surface area contributed by atoms with Crippen LogP contribution in [0.4, 0.5) is 0 Å². The van der Waals surface area contributed by atoms with Crippen molar-refractivity contribution < 1.29 is 9.90 Å². The largest absolute Gasteiger partial charge is 0.507 e. The standard InChI is InChI=1S/C26H22ClN5O2S/c1-2-7-18-8-6-9-20(24(18)34)16-28-29-23(33)17-35-26-31-30-25(19-12-14-21(27)15-13-19)32(26)22-10-4-3-5-11-22/h2-6,8-16,34H,1,7,17H2,(H,29,33). The fourth-order valence-corrected chi connectivity index (χ4v) is 4.20. The van der Waals surface area contributed by atoms with Crippen molar-refractivity contribution >= 4 is 35.5 Å². The summed E-state index contributed by atoms with van der Waals surface area (Å²) in [5.74, 6) is 0.517. The van der Waals surface area contributed by atoms with Gasteiger partial charge in [-0.1, -0.05) is 59.8 Å². The van der Waals surface area contributed by atoms with Gasteiger partial charge in [0.05, 0.1) is 12.0 Å². The van der Waals surface area contributed by atoms with Gasteiger partial charge < -0.3 is 5.11 Å². The van der Waals surface area contributed by atoms with Gasteiger partial charge in [-0.2, -0.15) is 5.10 Å². The molecule has 0 atom stereocenters. The summed E-state index contributed by atoms with van der Waals surface area (Å²) in [5, 5.41) is 24.2. The molecule has 7 nitrogen and oxygen atoms in total. The smallest absolute Gasteiger partial charge is 0.250 e. The minimum Gasteiger partial charge on any atom is -0.507 e. The van der Waals surface area contributed by atoms with Gasteiger partial charge in [-0.3, -0.25) is 9.36 Å². The number of thioether (sulfide) groups is 1. The number of aromatic nitrogens is 3. The first-order chi connectivity index (χ1) is 17.1. The number of allylic oxidation sites excluding steroid dienone is 1. The first-order valence-electron chi connectivity index (χ1n) is 10.7. The van der Waals surface area contributed by atoms with Gasteiger partial charge in [0.1, 0.15) is 5.75 Å². The van der Waals surface area contributed by atoms with Crippen LogP contribution in [0.2, 0.25) is 5.02 Å². The first kappa shape index (κ1) is 24.3. The molecule has 0 saturated heterocycles. The molecule has 1 aromatic heterocycles. The summed E-state index contributed by atoms with van der Waals surface area (Å²) in [6.45, 7) is 3.68. The van der Waals surface area contributed by atoms with Crippen molar-refractivity contribution in [2.45, 2.75) is 11.6 Å². The minimum atomic E-state index is -0.316. The molecule has 0 unspecified atom stereocenters. The maximum absolute atomic E-state index is 12.4. The Labute approximate surface area is 212 Å². The van der Waals surface area contributed by atoms with E-state index in [0.717, 1.165) is 16.8 Å². The van der Waals surface area contributed by atoms with Crippen molar-refractivity contribution in [3.63, 3.8) is 0 Å². The second-order valence-electron chi connectivity index (χ2n) is 7.41. The number of hydrazone groups is 1. The number of carbonyl (C=O) groups is 1. The zero-order valence-electron chi connectivity index (χ0n) is 18.6. The van der Waals surface area contributed by atoms with Gasteiger partial charge >= 0.3 is 0 Å². The molecule has 0 fully saturated rings. The van der Waals surface area contributed by atoms with Crippen LogP contribution in [0.3, 0.4) is 0 Å². The zero-order chi connectivity index (χ0) is 24.6. The predicted octanol–water partition coefficient (Wildman–Crippen LogP) is 5.26. The number of nitrogens with zero attached hydrogens (tertiary/aromatic N) is 4. The molecular weight excluding hydrogens is 482 g/mol. The second kappa shape index (κ2) is 11.5. The Morgan fingerprint density at radius 2 is 1.86 bits per heavy atom. The van der Waals surface area contributed by atoms with Crippen molar-refractivity contribution in [3.8, 4) is 22.8 Å². The molecular formula is C26H22ClN5O2S. The number of benzene rings is 3. The highest BCUT2D eigenvalue weighted by atomic mass is 35.5. The molecule has 0 bridgehead atoms. The normalized spacial score (nSPS) is 11.0. The number of para-hydroxylation sites is 2. The van der Waals surface area contributed by atoms with Gasteiger partial charge in [-0.25, -0.2) is 5.43 Å². The number of phenols is 1. The lowest BCUT2D eigenvalue weighted by molar-refractivity contribution is -0.118. The molecule has 0 aliphatic rings. The molecule has 35 heavy (non-hydrogen) atoms. The third-order valence-corrected chi connectivity index (χ3v) is 6.17. The van der Waals surface area contributed by atoms with Crippen LogP contribution < -0.4 is 5.43 Å². The summed E-state index contributed by atoms with van der Waals surface area (Å²) in [6, 6.07) is 22.4. The van der Waals surface area contributed by atoms with Gasteiger partial charge in [0, 0.05) is 21.8 Å². The van der Waals surface area contributed by atoms with E-state index in [4.69, 9.17) is 11.6 Å². The van der Waals surface area contributed by atoms with Crippen LogP contribution in [-0.4, -0.2) is 37.7 Å². The summed E-state index contributed by atoms with van der Waals surface area (Å²) < 4.78 is 1.90. The van der Waals surface area contributed by atoms with Crippen LogP contribution in [0.5, 0.6) is 5.75 Å². The predicted molar refractivity (Wildman–Crippen MR) is 140 cm³/mol. The van der Waals surface area contributed by atoms with Gasteiger partial charge in [-0.15, -0.1) is 16.8 Å². The topological polar surface area (TPSA) is 92.4 Å². The van der Waals surface area contributed by atoms with E-state index in [-0.39, 0.29) is 17.4 Å². The molecule has 0 aliphatic carbocycles. The Kier molecular flexibility index (Phi) is 7.97. The van der Waals surface area contributed by atoms with Gasteiger partial charge in [0.25, 0.3) is 5.91 Å². The van der Waals surface area contributed by atoms with E-state index in [1.807, 2.05) is 59.2 Å². The molecule has 4 aromatic rings. The average molecular weight is 504 g/mol. The molecule has 0 radical (unpaired) electrons. The first-order valence-corrected chi connectivity index (χ1v) is 12.1. The summed E-state index contributed by atoms with van der Waals surface area (Å²) in [4.78, 5) is 12.4. The van der Waals surface area contributed by atoms with E-state index in [9.17, 15) is 9.90 Å². The lowest BCUT2D eigenvalue weighted by Gasteiger charge is -2.10. The van der Waals surface area contributed by atoms with E-state index in [0.29, 0.717) is 28.0 Å². The highest BCUT2D eigenvalue weighted by Gasteiger charge is 2.17. The number of phenolic OH excluding ortho intramolecular Hbond substituents is 1. The van der Waals surface area contributed by atoms with Gasteiger partial charge in [0.15, 0.2) is 11.0 Å². The fourth-order valence-electron chi connectivity index (χ4n) is 3.33. The number of aromatic hydroxyl groups is 1. The monoisotopic (exact) mass is 503 g/mol. The Morgan fingerprint density at radius 1 is 1.09 bits per heavy atom. The number of halogens is 1. The van der Waals surface area contributed by atoms with E-state index in [2.05, 4.69) is 27.3 Å². The van der Waals surface area contributed by atoms with E-state index in [1.54, 1.807) is 24.3 Å². The number of hydrogen-bond acceptors (Lipinski definition) is 6. The lowest BCUT2D eigenvalue weighted by atomic mass is 10.1. The van der Waals surface area contributed by atoms with Crippen molar-refractivity contribution in [2.75, 3.05) is 5.75 Å². The maximum Gasteiger partial charge on any atom is 0.250 e. The number of nitrogens with one attached hydrogen (secondary N) is 1. The highest BCUT2D eigenvalue weighted by molar-refractivity contribution is 7.99. The van der Waals surface area contributed by atoms with Crippen LogP contribution in [-0.2, 0) is 11.2 Å². The Bertz CT molecular complexity index is 1350. The maximum atomic E-state index is 12.4. The molecule has 1 heterocycles. The van der Waals surface area contributed by atoms with Crippen molar-refractivity contribution in [1.82, 2.24) is 20.2 Å². The summed E-state index contributed by atoms with van der Waals surface area (Å²) in [6.07, 6.45) is 3.66. The summed E-state index contributed by atoms with van der Waals surface area (Å²) >= 11 is 7.28. The molecule has 176 valence electrons. The lowest BCUT2D eigenvalue weighted by Crippen LogP contribution is -2.20. The quantitative estimate of drug-likeness (QED) is 0.140. The molecule has 2 N–H and O–H groups in total. The van der Waals surface area contributed by atoms with E-state index < -0.39 is 0 Å².